The van der Waals surface area contributed by atoms with Gasteiger partial charge in [-0.15, -0.1) is 0 Å². The summed E-state index contributed by atoms with van der Waals surface area (Å²) in [5, 5.41) is 0. The number of methoxy groups -OCH3 is 1. The summed E-state index contributed by atoms with van der Waals surface area (Å²) in [6, 6.07) is 0. The van der Waals surface area contributed by atoms with Crippen LogP contribution in [0.4, 0.5) is 0 Å². The van der Waals surface area contributed by atoms with E-state index in [1.165, 1.54) is 6.33 Å². The third kappa shape index (κ3) is 1.67. The van der Waals surface area contributed by atoms with Crippen LogP contribution in [0.3, 0.4) is 0 Å². The van der Waals surface area contributed by atoms with Gasteiger partial charge in [0.1, 0.15) is 6.33 Å². The standard InChI is InChI=1S/C8H12N2O/c1-6(2)8-7(11-3)4-9-5-10-8/h4-6H,1-3H3. The Balaban J connectivity index is 3.02. The number of hydrogen-bond donors (Lipinski definition) is 0. The van der Waals surface area contributed by atoms with Gasteiger partial charge in [-0.25, -0.2) is 9.97 Å². The first-order chi connectivity index (χ1) is 5.25. The number of nitrogens with zero attached hydrogens (tertiary/aromatic N) is 2. The van der Waals surface area contributed by atoms with Crippen molar-refractivity contribution in [1.29, 1.82) is 0 Å². The molecule has 0 N–H and O–H groups in total. The highest BCUT2D eigenvalue weighted by atomic mass is 16.5. The summed E-state index contributed by atoms with van der Waals surface area (Å²) in [7, 11) is 1.63. The molecular weight excluding hydrogens is 140 g/mol. The van der Waals surface area contributed by atoms with E-state index in [4.69, 9.17) is 4.74 Å². The van der Waals surface area contributed by atoms with Crippen molar-refractivity contribution in [3.8, 4) is 5.75 Å². The Morgan fingerprint density at radius 3 is 2.64 bits per heavy atom. The average molecular weight is 152 g/mol. The summed E-state index contributed by atoms with van der Waals surface area (Å²) in [5.41, 5.74) is 0.961. The fraction of sp³-hybridized carbons (Fsp3) is 0.500. The monoisotopic (exact) mass is 152 g/mol. The van der Waals surface area contributed by atoms with Crippen LogP contribution in [0.2, 0.25) is 0 Å². The van der Waals surface area contributed by atoms with Crippen molar-refractivity contribution < 1.29 is 4.74 Å². The Labute approximate surface area is 66.4 Å². The van der Waals surface area contributed by atoms with Gasteiger partial charge < -0.3 is 4.74 Å². The van der Waals surface area contributed by atoms with Gasteiger partial charge in [0.2, 0.25) is 0 Å². The van der Waals surface area contributed by atoms with Gasteiger partial charge in [0.05, 0.1) is 19.0 Å². The third-order valence-electron chi connectivity index (χ3n) is 1.47. The number of aromatic nitrogens is 2. The maximum atomic E-state index is 5.08. The van der Waals surface area contributed by atoms with Crippen LogP contribution < -0.4 is 4.74 Å². The summed E-state index contributed by atoms with van der Waals surface area (Å²) in [6.07, 6.45) is 3.22. The fourth-order valence-electron chi connectivity index (χ4n) is 0.917. The Hall–Kier alpha value is -1.12. The molecule has 0 unspecified atom stereocenters. The largest absolute Gasteiger partial charge is 0.493 e. The van der Waals surface area contributed by atoms with Gasteiger partial charge in [0.25, 0.3) is 0 Å². The number of ether oxygens (including phenoxy) is 1. The highest BCUT2D eigenvalue weighted by Gasteiger charge is 2.06. The minimum Gasteiger partial charge on any atom is -0.493 e. The van der Waals surface area contributed by atoms with Crippen molar-refractivity contribution in [2.75, 3.05) is 7.11 Å². The lowest BCUT2D eigenvalue weighted by Gasteiger charge is -2.07. The van der Waals surface area contributed by atoms with E-state index in [1.54, 1.807) is 13.3 Å². The van der Waals surface area contributed by atoms with Crippen LogP contribution >= 0.6 is 0 Å². The van der Waals surface area contributed by atoms with Crippen LogP contribution in [0.25, 0.3) is 0 Å². The first-order valence-corrected chi connectivity index (χ1v) is 3.59. The van der Waals surface area contributed by atoms with Crippen molar-refractivity contribution in [3.63, 3.8) is 0 Å². The van der Waals surface area contributed by atoms with Gasteiger partial charge in [-0.1, -0.05) is 13.8 Å². The van der Waals surface area contributed by atoms with Crippen LogP contribution in [0, 0.1) is 0 Å². The number of rotatable bonds is 2. The van der Waals surface area contributed by atoms with E-state index in [-0.39, 0.29) is 0 Å². The van der Waals surface area contributed by atoms with Gasteiger partial charge in [0.15, 0.2) is 5.75 Å². The predicted molar refractivity (Wildman–Crippen MR) is 42.7 cm³/mol. The first kappa shape index (κ1) is 7.98. The van der Waals surface area contributed by atoms with E-state index < -0.39 is 0 Å². The van der Waals surface area contributed by atoms with Gasteiger partial charge in [0, 0.05) is 0 Å². The van der Waals surface area contributed by atoms with Crippen molar-refractivity contribution in [3.05, 3.63) is 18.2 Å². The van der Waals surface area contributed by atoms with Gasteiger partial charge in [-0.2, -0.15) is 0 Å². The minimum atomic E-state index is 0.382. The molecular formula is C8H12N2O. The molecule has 60 valence electrons. The molecule has 11 heavy (non-hydrogen) atoms. The third-order valence-corrected chi connectivity index (χ3v) is 1.47. The molecule has 0 aliphatic carbocycles. The summed E-state index contributed by atoms with van der Waals surface area (Å²) < 4.78 is 5.08. The van der Waals surface area contributed by atoms with Crippen LogP contribution in [-0.4, -0.2) is 17.1 Å². The zero-order valence-corrected chi connectivity index (χ0v) is 7.03. The molecule has 0 spiro atoms. The molecule has 3 heteroatoms. The zero-order valence-electron chi connectivity index (χ0n) is 7.03. The van der Waals surface area contributed by atoms with Crippen LogP contribution in [0.5, 0.6) is 5.75 Å². The van der Waals surface area contributed by atoms with E-state index in [9.17, 15) is 0 Å². The maximum absolute atomic E-state index is 5.08. The van der Waals surface area contributed by atoms with E-state index in [0.29, 0.717) is 5.92 Å². The van der Waals surface area contributed by atoms with Crippen LogP contribution in [0.1, 0.15) is 25.5 Å². The molecule has 1 rings (SSSR count). The van der Waals surface area contributed by atoms with Crippen LogP contribution in [-0.2, 0) is 0 Å². The van der Waals surface area contributed by atoms with E-state index in [2.05, 4.69) is 23.8 Å². The molecule has 0 bridgehead atoms. The van der Waals surface area contributed by atoms with Crippen LogP contribution in [0.15, 0.2) is 12.5 Å². The second-order valence-corrected chi connectivity index (χ2v) is 2.63. The average Bonchev–Trinajstić information content (AvgIpc) is 2.04. The molecule has 1 aromatic heterocycles. The summed E-state index contributed by atoms with van der Waals surface area (Å²) in [4.78, 5) is 7.98. The first-order valence-electron chi connectivity index (χ1n) is 3.59. The molecule has 0 aromatic carbocycles. The summed E-state index contributed by atoms with van der Waals surface area (Å²) in [5.74, 6) is 1.15. The normalized spacial score (nSPS) is 10.2. The number of hydrogen-bond acceptors (Lipinski definition) is 3. The molecule has 0 fully saturated rings. The lowest BCUT2D eigenvalue weighted by molar-refractivity contribution is 0.402. The molecule has 0 amide bonds. The Bertz CT molecular complexity index is 235. The molecule has 3 nitrogen and oxygen atoms in total. The maximum Gasteiger partial charge on any atom is 0.158 e. The quantitative estimate of drug-likeness (QED) is 0.645. The second kappa shape index (κ2) is 3.32. The van der Waals surface area contributed by atoms with Crippen molar-refractivity contribution in [2.45, 2.75) is 19.8 Å². The molecule has 0 saturated carbocycles. The molecule has 0 aliphatic heterocycles. The van der Waals surface area contributed by atoms with E-state index >= 15 is 0 Å². The Morgan fingerprint density at radius 2 is 2.18 bits per heavy atom. The molecule has 1 heterocycles. The van der Waals surface area contributed by atoms with Crippen molar-refractivity contribution >= 4 is 0 Å². The van der Waals surface area contributed by atoms with Gasteiger partial charge >= 0.3 is 0 Å². The smallest absolute Gasteiger partial charge is 0.158 e. The highest BCUT2D eigenvalue weighted by molar-refractivity contribution is 5.25. The SMILES string of the molecule is COc1cncnc1C(C)C. The molecule has 0 atom stereocenters. The van der Waals surface area contributed by atoms with E-state index in [1.807, 2.05) is 0 Å². The van der Waals surface area contributed by atoms with Crippen molar-refractivity contribution in [1.82, 2.24) is 9.97 Å². The topological polar surface area (TPSA) is 35.0 Å². The van der Waals surface area contributed by atoms with Crippen molar-refractivity contribution in [2.24, 2.45) is 0 Å². The van der Waals surface area contributed by atoms with Gasteiger partial charge in [-0.05, 0) is 5.92 Å². The zero-order chi connectivity index (χ0) is 8.27. The predicted octanol–water partition coefficient (Wildman–Crippen LogP) is 1.61. The highest BCUT2D eigenvalue weighted by Crippen LogP contribution is 2.21. The summed E-state index contributed by atoms with van der Waals surface area (Å²) >= 11 is 0. The van der Waals surface area contributed by atoms with Gasteiger partial charge in [-0.3, -0.25) is 0 Å². The lowest BCUT2D eigenvalue weighted by atomic mass is 10.1. The fourth-order valence-corrected chi connectivity index (χ4v) is 0.917. The molecule has 0 aliphatic rings. The minimum absolute atomic E-state index is 0.382. The molecule has 0 radical (unpaired) electrons. The molecule has 0 saturated heterocycles. The Morgan fingerprint density at radius 1 is 1.45 bits per heavy atom. The van der Waals surface area contributed by atoms with E-state index in [0.717, 1.165) is 11.4 Å². The summed E-state index contributed by atoms with van der Waals surface area (Å²) in [6.45, 7) is 4.15. The Kier molecular flexibility index (Phi) is 2.41. The molecule has 1 aromatic rings. The lowest BCUT2D eigenvalue weighted by Crippen LogP contribution is -1.97. The second-order valence-electron chi connectivity index (χ2n) is 2.63.